The predicted octanol–water partition coefficient (Wildman–Crippen LogP) is 1.88. The lowest BCUT2D eigenvalue weighted by molar-refractivity contribution is -0.144. The summed E-state index contributed by atoms with van der Waals surface area (Å²) >= 11 is 0. The molecule has 1 aliphatic carbocycles. The van der Waals surface area contributed by atoms with Gasteiger partial charge < -0.3 is 14.4 Å². The molecular formula is C16H19NO4. The van der Waals surface area contributed by atoms with Crippen molar-refractivity contribution in [2.45, 2.75) is 39.0 Å². The number of amides is 1. The van der Waals surface area contributed by atoms with E-state index in [-0.39, 0.29) is 24.5 Å². The molecule has 0 spiro atoms. The van der Waals surface area contributed by atoms with E-state index in [1.54, 1.807) is 11.8 Å². The third-order valence-electron chi connectivity index (χ3n) is 3.82. The summed E-state index contributed by atoms with van der Waals surface area (Å²) in [5.41, 5.74) is 2.82. The van der Waals surface area contributed by atoms with Crippen molar-refractivity contribution in [2.24, 2.45) is 0 Å². The number of esters is 1. The minimum absolute atomic E-state index is 0.0327. The van der Waals surface area contributed by atoms with Crippen LogP contribution in [0.1, 0.15) is 41.3 Å². The Bertz CT molecular complexity index is 565. The number of hydrogen-bond donors (Lipinski definition) is 0. The van der Waals surface area contributed by atoms with Gasteiger partial charge in [0.1, 0.15) is 6.54 Å². The topological polar surface area (TPSA) is 55.8 Å². The first-order chi connectivity index (χ1) is 10.2. The maximum atomic E-state index is 12.6. The Kier molecular flexibility index (Phi) is 3.92. The number of ether oxygens (including phenoxy) is 2. The summed E-state index contributed by atoms with van der Waals surface area (Å²) < 4.78 is 10.3. The summed E-state index contributed by atoms with van der Waals surface area (Å²) in [4.78, 5) is 26.0. The molecule has 5 heteroatoms. The molecule has 1 aromatic rings. The van der Waals surface area contributed by atoms with E-state index in [2.05, 4.69) is 0 Å². The second-order valence-corrected chi connectivity index (χ2v) is 5.45. The second-order valence-electron chi connectivity index (χ2n) is 5.45. The van der Waals surface area contributed by atoms with Crippen molar-refractivity contribution in [3.63, 3.8) is 0 Å². The lowest BCUT2D eigenvalue weighted by Gasteiger charge is -2.21. The highest BCUT2D eigenvalue weighted by molar-refractivity contribution is 5.96. The summed E-state index contributed by atoms with van der Waals surface area (Å²) in [5.74, 6) is -0.442. The number of carbonyl (C=O) groups excluding carboxylic acids is 2. The van der Waals surface area contributed by atoms with Crippen LogP contribution in [-0.4, -0.2) is 36.0 Å². The van der Waals surface area contributed by atoms with Crippen LogP contribution in [0.4, 0.5) is 0 Å². The van der Waals surface area contributed by atoms with Crippen molar-refractivity contribution in [1.29, 1.82) is 0 Å². The number of nitrogens with zero attached hydrogens (tertiary/aromatic N) is 1. The van der Waals surface area contributed by atoms with Crippen LogP contribution in [-0.2, 0) is 27.5 Å². The Morgan fingerprint density at radius 1 is 1.29 bits per heavy atom. The highest BCUT2D eigenvalue weighted by Gasteiger charge is 2.35. The van der Waals surface area contributed by atoms with E-state index in [9.17, 15) is 9.59 Å². The van der Waals surface area contributed by atoms with Gasteiger partial charge in [0, 0.05) is 11.6 Å². The maximum absolute atomic E-state index is 12.6. The van der Waals surface area contributed by atoms with E-state index >= 15 is 0 Å². The fraction of sp³-hybridized carbons (Fsp3) is 0.500. The Labute approximate surface area is 123 Å². The van der Waals surface area contributed by atoms with Crippen LogP contribution in [0.25, 0.3) is 0 Å². The third-order valence-corrected chi connectivity index (χ3v) is 3.82. The molecule has 1 amide bonds. The largest absolute Gasteiger partial charge is 0.465 e. The highest BCUT2D eigenvalue weighted by Crippen LogP contribution is 2.29. The van der Waals surface area contributed by atoms with Crippen molar-refractivity contribution < 1.29 is 19.1 Å². The van der Waals surface area contributed by atoms with E-state index in [1.165, 1.54) is 0 Å². The number of fused-ring (bicyclic) bond motifs is 1. The summed E-state index contributed by atoms with van der Waals surface area (Å²) in [5, 5.41) is 0. The molecule has 0 unspecified atom stereocenters. The third kappa shape index (κ3) is 3.08. The van der Waals surface area contributed by atoms with Crippen molar-refractivity contribution >= 4 is 11.9 Å². The number of hydrogen-bond acceptors (Lipinski definition) is 4. The van der Waals surface area contributed by atoms with E-state index in [4.69, 9.17) is 9.47 Å². The summed E-state index contributed by atoms with van der Waals surface area (Å²) in [6.45, 7) is 3.30. The minimum Gasteiger partial charge on any atom is -0.465 e. The van der Waals surface area contributed by atoms with Crippen LogP contribution in [0, 0.1) is 0 Å². The lowest BCUT2D eigenvalue weighted by atomic mass is 10.1. The van der Waals surface area contributed by atoms with E-state index in [0.29, 0.717) is 25.4 Å². The summed E-state index contributed by atoms with van der Waals surface area (Å²) in [7, 11) is 0. The molecule has 21 heavy (non-hydrogen) atoms. The van der Waals surface area contributed by atoms with Crippen LogP contribution in [0.3, 0.4) is 0 Å². The van der Waals surface area contributed by atoms with Crippen LogP contribution >= 0.6 is 0 Å². The first-order valence-electron chi connectivity index (χ1n) is 7.35. The standard InChI is InChI=1S/C16H19NO4/c1-2-21-15(18)8-17(14-5-6-14)16(19)11-3-4-12-9-20-10-13(12)7-11/h3-4,7,14H,2,5-6,8-10H2,1H3. The van der Waals surface area contributed by atoms with E-state index in [1.807, 2.05) is 18.2 Å². The van der Waals surface area contributed by atoms with Gasteiger partial charge in [-0.2, -0.15) is 0 Å². The van der Waals surface area contributed by atoms with Crippen molar-refractivity contribution in [3.8, 4) is 0 Å². The fourth-order valence-electron chi connectivity index (χ4n) is 2.57. The van der Waals surface area contributed by atoms with Gasteiger partial charge in [-0.25, -0.2) is 0 Å². The molecule has 0 atom stereocenters. The summed E-state index contributed by atoms with van der Waals surface area (Å²) in [6.07, 6.45) is 1.92. The van der Waals surface area contributed by atoms with Gasteiger partial charge in [0.25, 0.3) is 5.91 Å². The minimum atomic E-state index is -0.345. The zero-order valence-electron chi connectivity index (χ0n) is 12.1. The molecule has 0 radical (unpaired) electrons. The number of carbonyl (C=O) groups is 2. The van der Waals surface area contributed by atoms with Gasteiger partial charge in [-0.15, -0.1) is 0 Å². The Morgan fingerprint density at radius 3 is 2.76 bits per heavy atom. The molecule has 1 saturated carbocycles. The number of rotatable bonds is 5. The van der Waals surface area contributed by atoms with Gasteiger partial charge in [-0.1, -0.05) is 6.07 Å². The quantitative estimate of drug-likeness (QED) is 0.777. The first-order valence-corrected chi connectivity index (χ1v) is 7.35. The number of benzene rings is 1. The van der Waals surface area contributed by atoms with Crippen molar-refractivity contribution in [3.05, 3.63) is 34.9 Å². The van der Waals surface area contributed by atoms with E-state index < -0.39 is 0 Å². The maximum Gasteiger partial charge on any atom is 0.325 e. The molecule has 2 aliphatic rings. The Balaban J connectivity index is 1.76. The molecule has 0 N–H and O–H groups in total. The molecule has 112 valence electrons. The highest BCUT2D eigenvalue weighted by atomic mass is 16.5. The smallest absolute Gasteiger partial charge is 0.325 e. The van der Waals surface area contributed by atoms with Gasteiger partial charge >= 0.3 is 5.97 Å². The molecule has 1 fully saturated rings. The van der Waals surface area contributed by atoms with Gasteiger partial charge in [0.2, 0.25) is 0 Å². The normalized spacial score (nSPS) is 16.4. The zero-order valence-corrected chi connectivity index (χ0v) is 12.1. The van der Waals surface area contributed by atoms with Crippen molar-refractivity contribution in [2.75, 3.05) is 13.2 Å². The van der Waals surface area contributed by atoms with Gasteiger partial charge in [0.15, 0.2) is 0 Å². The first kappa shape index (κ1) is 14.1. The lowest BCUT2D eigenvalue weighted by Crippen LogP contribution is -2.38. The molecule has 0 bridgehead atoms. The molecule has 1 heterocycles. The average molecular weight is 289 g/mol. The summed E-state index contributed by atoms with van der Waals surface area (Å²) in [6, 6.07) is 5.80. The van der Waals surface area contributed by atoms with Gasteiger partial charge in [-0.05, 0) is 43.0 Å². The zero-order chi connectivity index (χ0) is 14.8. The molecule has 0 aromatic heterocycles. The van der Waals surface area contributed by atoms with Gasteiger partial charge in [-0.3, -0.25) is 9.59 Å². The molecule has 0 saturated heterocycles. The van der Waals surface area contributed by atoms with Crippen LogP contribution in [0.2, 0.25) is 0 Å². The van der Waals surface area contributed by atoms with Crippen LogP contribution < -0.4 is 0 Å². The average Bonchev–Trinajstić information content (AvgIpc) is 3.21. The molecule has 3 rings (SSSR count). The monoisotopic (exact) mass is 289 g/mol. The Morgan fingerprint density at radius 2 is 2.05 bits per heavy atom. The van der Waals surface area contributed by atoms with Crippen molar-refractivity contribution in [1.82, 2.24) is 4.90 Å². The van der Waals surface area contributed by atoms with Gasteiger partial charge in [0.05, 0.1) is 19.8 Å². The van der Waals surface area contributed by atoms with Crippen LogP contribution in [0.5, 0.6) is 0 Å². The molecule has 1 aromatic carbocycles. The second kappa shape index (κ2) is 5.85. The SMILES string of the molecule is CCOC(=O)CN(C(=O)c1ccc2c(c1)COC2)C1CC1. The molecule has 1 aliphatic heterocycles. The van der Waals surface area contributed by atoms with Crippen LogP contribution in [0.15, 0.2) is 18.2 Å². The van der Waals surface area contributed by atoms with E-state index in [0.717, 1.165) is 24.0 Å². The predicted molar refractivity (Wildman–Crippen MR) is 75.6 cm³/mol. The Hall–Kier alpha value is -1.88. The molecular weight excluding hydrogens is 270 g/mol. The molecule has 5 nitrogen and oxygen atoms in total. The fourth-order valence-corrected chi connectivity index (χ4v) is 2.57.